The predicted octanol–water partition coefficient (Wildman–Crippen LogP) is 5.51. The zero-order valence-corrected chi connectivity index (χ0v) is 18.1. The van der Waals surface area contributed by atoms with Gasteiger partial charge in [-0.3, -0.25) is 4.90 Å². The normalized spacial score (nSPS) is 16.6. The van der Waals surface area contributed by atoms with Gasteiger partial charge in [0.15, 0.2) is 0 Å². The molecular weight excluding hydrogens is 390 g/mol. The Kier molecular flexibility index (Phi) is 7.46. The molecule has 0 aromatic heterocycles. The molecule has 0 spiro atoms. The van der Waals surface area contributed by atoms with Crippen LogP contribution in [0.3, 0.4) is 0 Å². The van der Waals surface area contributed by atoms with E-state index in [4.69, 9.17) is 4.74 Å². The van der Waals surface area contributed by atoms with Gasteiger partial charge in [-0.2, -0.15) is 0 Å². The highest BCUT2D eigenvalue weighted by Crippen LogP contribution is 2.26. The Hall–Kier alpha value is -2.27. The second kappa shape index (κ2) is 10.7. The highest BCUT2D eigenvalue weighted by Gasteiger charge is 2.23. The van der Waals surface area contributed by atoms with Crippen molar-refractivity contribution >= 4 is 11.8 Å². The van der Waals surface area contributed by atoms with E-state index in [-0.39, 0.29) is 6.61 Å². The Labute approximate surface area is 183 Å². The molecule has 4 heteroatoms. The molecule has 1 atom stereocenters. The molecule has 0 radical (unpaired) electrons. The SMILES string of the molecule is OC[C@H]1CCCN1Cc1ccc(COc2cccc(SCc3ccccc3)c2)cc1. The van der Waals surface area contributed by atoms with Crippen LogP contribution in [0.5, 0.6) is 5.75 Å². The summed E-state index contributed by atoms with van der Waals surface area (Å²) in [4.78, 5) is 3.60. The van der Waals surface area contributed by atoms with Crippen molar-refractivity contribution in [2.45, 2.75) is 42.7 Å². The van der Waals surface area contributed by atoms with Gasteiger partial charge in [0, 0.05) is 23.2 Å². The lowest BCUT2D eigenvalue weighted by molar-refractivity contribution is 0.153. The summed E-state index contributed by atoms with van der Waals surface area (Å²) >= 11 is 1.83. The van der Waals surface area contributed by atoms with Gasteiger partial charge in [0.25, 0.3) is 0 Å². The summed E-state index contributed by atoms with van der Waals surface area (Å²) in [6, 6.07) is 27.8. The third-order valence-electron chi connectivity index (χ3n) is 5.58. The average Bonchev–Trinajstić information content (AvgIpc) is 3.25. The number of ether oxygens (including phenoxy) is 1. The molecule has 0 unspecified atom stereocenters. The van der Waals surface area contributed by atoms with Crippen LogP contribution < -0.4 is 4.74 Å². The van der Waals surface area contributed by atoms with Crippen molar-refractivity contribution in [3.05, 3.63) is 95.6 Å². The van der Waals surface area contributed by atoms with E-state index in [1.165, 1.54) is 28.0 Å². The van der Waals surface area contributed by atoms with E-state index < -0.39 is 0 Å². The molecule has 3 aromatic rings. The van der Waals surface area contributed by atoms with Crippen LogP contribution in [0.25, 0.3) is 0 Å². The first-order valence-electron chi connectivity index (χ1n) is 10.6. The Bertz CT molecular complexity index is 914. The minimum atomic E-state index is 0.259. The van der Waals surface area contributed by atoms with Crippen molar-refractivity contribution in [1.29, 1.82) is 0 Å². The summed E-state index contributed by atoms with van der Waals surface area (Å²) < 4.78 is 6.04. The standard InChI is InChI=1S/C26H29NO2S/c28-18-24-8-5-15-27(24)17-21-11-13-22(14-12-21)19-29-25-9-4-10-26(16-25)30-20-23-6-2-1-3-7-23/h1-4,6-7,9-14,16,24,28H,5,8,15,17-20H2/t24-/m1/s1. The van der Waals surface area contributed by atoms with Crippen molar-refractivity contribution in [3.63, 3.8) is 0 Å². The van der Waals surface area contributed by atoms with E-state index in [9.17, 15) is 5.11 Å². The van der Waals surface area contributed by atoms with Crippen molar-refractivity contribution in [3.8, 4) is 5.75 Å². The van der Waals surface area contributed by atoms with Gasteiger partial charge < -0.3 is 9.84 Å². The summed E-state index contributed by atoms with van der Waals surface area (Å²) in [5, 5.41) is 9.49. The van der Waals surface area contributed by atoms with E-state index >= 15 is 0 Å². The van der Waals surface area contributed by atoms with E-state index in [0.717, 1.165) is 31.0 Å². The van der Waals surface area contributed by atoms with Crippen LogP contribution in [0.2, 0.25) is 0 Å². The van der Waals surface area contributed by atoms with Crippen LogP contribution in [-0.4, -0.2) is 29.2 Å². The van der Waals surface area contributed by atoms with Crippen molar-refractivity contribution in [2.75, 3.05) is 13.2 Å². The van der Waals surface area contributed by atoms with Gasteiger partial charge >= 0.3 is 0 Å². The highest BCUT2D eigenvalue weighted by molar-refractivity contribution is 7.98. The topological polar surface area (TPSA) is 32.7 Å². The summed E-state index contributed by atoms with van der Waals surface area (Å²) in [7, 11) is 0. The van der Waals surface area contributed by atoms with E-state index in [1.807, 2.05) is 23.9 Å². The minimum absolute atomic E-state index is 0.259. The molecule has 0 saturated carbocycles. The zero-order chi connectivity index (χ0) is 20.6. The monoisotopic (exact) mass is 419 g/mol. The Balaban J connectivity index is 1.28. The molecule has 1 aliphatic rings. The van der Waals surface area contributed by atoms with Crippen LogP contribution in [0.1, 0.15) is 29.5 Å². The molecule has 156 valence electrons. The molecule has 3 aromatic carbocycles. The number of aliphatic hydroxyl groups is 1. The molecule has 30 heavy (non-hydrogen) atoms. The second-order valence-electron chi connectivity index (χ2n) is 7.80. The Morgan fingerprint density at radius 2 is 1.70 bits per heavy atom. The van der Waals surface area contributed by atoms with Crippen molar-refractivity contribution < 1.29 is 9.84 Å². The lowest BCUT2D eigenvalue weighted by atomic mass is 10.1. The minimum Gasteiger partial charge on any atom is -0.489 e. The van der Waals surface area contributed by atoms with Crippen LogP contribution in [0, 0.1) is 0 Å². The van der Waals surface area contributed by atoms with Crippen molar-refractivity contribution in [2.24, 2.45) is 0 Å². The third kappa shape index (κ3) is 5.88. The third-order valence-corrected chi connectivity index (χ3v) is 6.64. The fourth-order valence-corrected chi connectivity index (χ4v) is 4.75. The van der Waals surface area contributed by atoms with E-state index in [0.29, 0.717) is 12.6 Å². The number of rotatable bonds is 9. The molecule has 1 fully saturated rings. The number of aliphatic hydroxyl groups excluding tert-OH is 1. The summed E-state index contributed by atoms with van der Waals surface area (Å²) in [6.45, 7) is 2.81. The number of thioether (sulfide) groups is 1. The summed E-state index contributed by atoms with van der Waals surface area (Å²) in [6.07, 6.45) is 2.28. The lowest BCUT2D eigenvalue weighted by Crippen LogP contribution is -2.31. The molecule has 0 amide bonds. The molecule has 1 heterocycles. The van der Waals surface area contributed by atoms with Crippen LogP contribution in [0.15, 0.2) is 83.8 Å². The number of hydrogen-bond acceptors (Lipinski definition) is 4. The molecule has 1 saturated heterocycles. The molecule has 1 N–H and O–H groups in total. The van der Waals surface area contributed by atoms with Gasteiger partial charge in [0.2, 0.25) is 0 Å². The molecule has 0 aliphatic carbocycles. The van der Waals surface area contributed by atoms with Gasteiger partial charge in [-0.05, 0) is 54.3 Å². The largest absolute Gasteiger partial charge is 0.489 e. The van der Waals surface area contributed by atoms with Gasteiger partial charge in [-0.25, -0.2) is 0 Å². The average molecular weight is 420 g/mol. The fourth-order valence-electron chi connectivity index (χ4n) is 3.85. The lowest BCUT2D eigenvalue weighted by Gasteiger charge is -2.22. The Morgan fingerprint density at radius 1 is 0.900 bits per heavy atom. The maximum Gasteiger partial charge on any atom is 0.120 e. The maximum atomic E-state index is 9.49. The molecule has 4 rings (SSSR count). The van der Waals surface area contributed by atoms with Crippen molar-refractivity contribution in [1.82, 2.24) is 4.90 Å². The van der Waals surface area contributed by atoms with Gasteiger partial charge in [-0.15, -0.1) is 11.8 Å². The number of benzene rings is 3. The van der Waals surface area contributed by atoms with E-state index in [2.05, 4.69) is 71.6 Å². The maximum absolute atomic E-state index is 9.49. The first kappa shape index (κ1) is 21.0. The number of likely N-dealkylation sites (tertiary alicyclic amines) is 1. The quantitative estimate of drug-likeness (QED) is 0.463. The van der Waals surface area contributed by atoms with Gasteiger partial charge in [0.05, 0.1) is 6.61 Å². The van der Waals surface area contributed by atoms with Crippen LogP contribution in [-0.2, 0) is 18.9 Å². The van der Waals surface area contributed by atoms with Crippen LogP contribution in [0.4, 0.5) is 0 Å². The first-order chi connectivity index (χ1) is 14.8. The Morgan fingerprint density at radius 3 is 2.50 bits per heavy atom. The van der Waals surface area contributed by atoms with Gasteiger partial charge in [0.1, 0.15) is 12.4 Å². The first-order valence-corrected chi connectivity index (χ1v) is 11.6. The number of hydrogen-bond donors (Lipinski definition) is 1. The summed E-state index contributed by atoms with van der Waals surface area (Å²) in [5.74, 6) is 1.86. The second-order valence-corrected chi connectivity index (χ2v) is 8.85. The van der Waals surface area contributed by atoms with Crippen LogP contribution >= 0.6 is 11.8 Å². The predicted molar refractivity (Wildman–Crippen MR) is 124 cm³/mol. The smallest absolute Gasteiger partial charge is 0.120 e. The molecular formula is C26H29NO2S. The molecule has 0 bridgehead atoms. The number of nitrogens with zero attached hydrogens (tertiary/aromatic N) is 1. The van der Waals surface area contributed by atoms with Gasteiger partial charge in [-0.1, -0.05) is 60.7 Å². The summed E-state index contributed by atoms with van der Waals surface area (Å²) in [5.41, 5.74) is 3.78. The molecule has 1 aliphatic heterocycles. The highest BCUT2D eigenvalue weighted by atomic mass is 32.2. The van der Waals surface area contributed by atoms with E-state index in [1.54, 1.807) is 0 Å². The zero-order valence-electron chi connectivity index (χ0n) is 17.2. The molecule has 3 nitrogen and oxygen atoms in total. The fraction of sp³-hybridized carbons (Fsp3) is 0.308.